The van der Waals surface area contributed by atoms with Gasteiger partial charge in [0.2, 0.25) is 0 Å². The molecule has 0 amide bonds. The highest BCUT2D eigenvalue weighted by atomic mass is 15.2. The number of aryl methyl sites for hydroxylation is 1. The number of aliphatic imine (C=N–C) groups is 1. The SMILES string of the molecule is CN=C(NCc1nc2ccccc2n1C)NC1CCCC1. The van der Waals surface area contributed by atoms with Crippen molar-refractivity contribution in [2.45, 2.75) is 38.3 Å². The van der Waals surface area contributed by atoms with Gasteiger partial charge in [0, 0.05) is 20.1 Å². The van der Waals surface area contributed by atoms with E-state index in [1.54, 1.807) is 0 Å². The van der Waals surface area contributed by atoms with Crippen molar-refractivity contribution in [3.63, 3.8) is 0 Å². The fourth-order valence-electron chi connectivity index (χ4n) is 2.97. The van der Waals surface area contributed by atoms with Gasteiger partial charge in [-0.25, -0.2) is 4.98 Å². The van der Waals surface area contributed by atoms with Gasteiger partial charge in [0.05, 0.1) is 17.6 Å². The molecule has 5 heteroatoms. The van der Waals surface area contributed by atoms with Crippen LogP contribution in [0.25, 0.3) is 11.0 Å². The first-order chi connectivity index (χ1) is 10.3. The number of nitrogens with zero attached hydrogens (tertiary/aromatic N) is 3. The van der Waals surface area contributed by atoms with Crippen LogP contribution in [-0.4, -0.2) is 28.6 Å². The summed E-state index contributed by atoms with van der Waals surface area (Å²) in [5.41, 5.74) is 2.20. The molecule has 2 N–H and O–H groups in total. The molecule has 1 aromatic carbocycles. The van der Waals surface area contributed by atoms with Crippen molar-refractivity contribution in [1.82, 2.24) is 20.2 Å². The number of rotatable bonds is 3. The molecule has 1 aliphatic rings. The predicted molar refractivity (Wildman–Crippen MR) is 86.3 cm³/mol. The second-order valence-corrected chi connectivity index (χ2v) is 5.63. The lowest BCUT2D eigenvalue weighted by Crippen LogP contribution is -2.42. The van der Waals surface area contributed by atoms with E-state index in [1.165, 1.54) is 25.7 Å². The van der Waals surface area contributed by atoms with Crippen LogP contribution in [-0.2, 0) is 13.6 Å². The maximum atomic E-state index is 4.67. The molecule has 1 aromatic heterocycles. The Hall–Kier alpha value is -2.04. The highest BCUT2D eigenvalue weighted by Crippen LogP contribution is 2.17. The molecule has 0 atom stereocenters. The number of nitrogens with one attached hydrogen (secondary N) is 2. The first-order valence-electron chi connectivity index (χ1n) is 7.65. The summed E-state index contributed by atoms with van der Waals surface area (Å²) in [5.74, 6) is 1.89. The second-order valence-electron chi connectivity index (χ2n) is 5.63. The van der Waals surface area contributed by atoms with Crippen LogP contribution >= 0.6 is 0 Å². The second kappa shape index (κ2) is 6.16. The first-order valence-corrected chi connectivity index (χ1v) is 7.65. The summed E-state index contributed by atoms with van der Waals surface area (Å²) in [6, 6.07) is 8.77. The molecule has 0 unspecified atom stereocenters. The zero-order valence-electron chi connectivity index (χ0n) is 12.8. The Bertz CT molecular complexity index is 637. The average Bonchev–Trinajstić information content (AvgIpc) is 3.12. The van der Waals surface area contributed by atoms with Gasteiger partial charge in [-0.1, -0.05) is 25.0 Å². The molecule has 2 aromatic rings. The van der Waals surface area contributed by atoms with E-state index in [0.29, 0.717) is 12.6 Å². The molecule has 1 aliphatic carbocycles. The van der Waals surface area contributed by atoms with E-state index < -0.39 is 0 Å². The fraction of sp³-hybridized carbons (Fsp3) is 0.500. The van der Waals surface area contributed by atoms with Crippen LogP contribution in [0.15, 0.2) is 29.3 Å². The van der Waals surface area contributed by atoms with Crippen molar-refractivity contribution in [2.75, 3.05) is 7.05 Å². The molecule has 3 rings (SSSR count). The predicted octanol–water partition coefficient (Wildman–Crippen LogP) is 2.18. The van der Waals surface area contributed by atoms with Crippen molar-refractivity contribution in [3.05, 3.63) is 30.1 Å². The van der Waals surface area contributed by atoms with Crippen LogP contribution in [0.3, 0.4) is 0 Å². The number of hydrogen-bond donors (Lipinski definition) is 2. The van der Waals surface area contributed by atoms with Crippen LogP contribution in [0.4, 0.5) is 0 Å². The summed E-state index contributed by atoms with van der Waals surface area (Å²) in [7, 11) is 3.87. The Kier molecular flexibility index (Phi) is 4.08. The van der Waals surface area contributed by atoms with Gasteiger partial charge in [-0.3, -0.25) is 4.99 Å². The number of hydrogen-bond acceptors (Lipinski definition) is 2. The largest absolute Gasteiger partial charge is 0.354 e. The summed E-state index contributed by atoms with van der Waals surface area (Å²) >= 11 is 0. The van der Waals surface area contributed by atoms with Crippen molar-refractivity contribution in [1.29, 1.82) is 0 Å². The highest BCUT2D eigenvalue weighted by molar-refractivity contribution is 5.80. The number of fused-ring (bicyclic) bond motifs is 1. The molecule has 0 spiro atoms. The van der Waals surface area contributed by atoms with Crippen molar-refractivity contribution >= 4 is 17.0 Å². The normalized spacial score (nSPS) is 16.6. The number of aromatic nitrogens is 2. The van der Waals surface area contributed by atoms with Gasteiger partial charge >= 0.3 is 0 Å². The Balaban J connectivity index is 1.66. The third kappa shape index (κ3) is 3.01. The lowest BCUT2D eigenvalue weighted by Gasteiger charge is -2.16. The number of imidazole rings is 1. The zero-order valence-corrected chi connectivity index (χ0v) is 12.8. The lowest BCUT2D eigenvalue weighted by atomic mass is 10.2. The Labute approximate surface area is 125 Å². The molecule has 1 fully saturated rings. The number of guanidine groups is 1. The zero-order chi connectivity index (χ0) is 14.7. The minimum atomic E-state index is 0.566. The summed E-state index contributed by atoms with van der Waals surface area (Å²) < 4.78 is 2.13. The van der Waals surface area contributed by atoms with Gasteiger partial charge in [-0.2, -0.15) is 0 Å². The van der Waals surface area contributed by atoms with Gasteiger partial charge in [-0.05, 0) is 25.0 Å². The maximum absolute atomic E-state index is 4.67. The lowest BCUT2D eigenvalue weighted by molar-refractivity contribution is 0.609. The van der Waals surface area contributed by atoms with Crippen molar-refractivity contribution < 1.29 is 0 Å². The Morgan fingerprint density at radius 2 is 2.10 bits per heavy atom. The van der Waals surface area contributed by atoms with Crippen molar-refractivity contribution in [2.24, 2.45) is 12.0 Å². The molecule has 1 heterocycles. The van der Waals surface area contributed by atoms with Gasteiger partial charge in [0.1, 0.15) is 5.82 Å². The van der Waals surface area contributed by atoms with Crippen LogP contribution < -0.4 is 10.6 Å². The van der Waals surface area contributed by atoms with Crippen LogP contribution in [0.1, 0.15) is 31.5 Å². The van der Waals surface area contributed by atoms with Gasteiger partial charge in [-0.15, -0.1) is 0 Å². The van der Waals surface area contributed by atoms with E-state index in [9.17, 15) is 0 Å². The van der Waals surface area contributed by atoms with E-state index in [-0.39, 0.29) is 0 Å². The molecular formula is C16H23N5. The maximum Gasteiger partial charge on any atom is 0.191 e. The number of para-hydroxylation sites is 2. The van der Waals surface area contributed by atoms with Gasteiger partial charge in [0.25, 0.3) is 0 Å². The fourth-order valence-corrected chi connectivity index (χ4v) is 2.97. The quantitative estimate of drug-likeness (QED) is 0.671. The topological polar surface area (TPSA) is 54.2 Å². The minimum Gasteiger partial charge on any atom is -0.354 e. The molecule has 112 valence electrons. The summed E-state index contributed by atoms with van der Waals surface area (Å²) in [6.07, 6.45) is 5.12. The van der Waals surface area contributed by atoms with Crippen LogP contribution in [0.5, 0.6) is 0 Å². The molecular weight excluding hydrogens is 262 g/mol. The Morgan fingerprint density at radius 3 is 2.81 bits per heavy atom. The third-order valence-electron chi connectivity index (χ3n) is 4.21. The summed E-state index contributed by atoms with van der Waals surface area (Å²) in [4.78, 5) is 8.98. The van der Waals surface area contributed by atoms with Crippen LogP contribution in [0, 0.1) is 0 Å². The number of benzene rings is 1. The average molecular weight is 285 g/mol. The molecule has 5 nitrogen and oxygen atoms in total. The first kappa shape index (κ1) is 13.9. The van der Waals surface area contributed by atoms with Gasteiger partial charge < -0.3 is 15.2 Å². The molecule has 0 bridgehead atoms. The summed E-state index contributed by atoms with van der Waals surface area (Å²) in [6.45, 7) is 0.678. The van der Waals surface area contributed by atoms with E-state index in [1.807, 2.05) is 25.2 Å². The summed E-state index contributed by atoms with van der Waals surface area (Å²) in [5, 5.41) is 6.86. The van der Waals surface area contributed by atoms with E-state index >= 15 is 0 Å². The molecule has 0 radical (unpaired) electrons. The minimum absolute atomic E-state index is 0.566. The van der Waals surface area contributed by atoms with Gasteiger partial charge in [0.15, 0.2) is 5.96 Å². The third-order valence-corrected chi connectivity index (χ3v) is 4.21. The monoisotopic (exact) mass is 285 g/mol. The Morgan fingerprint density at radius 1 is 1.33 bits per heavy atom. The molecule has 1 saturated carbocycles. The highest BCUT2D eigenvalue weighted by Gasteiger charge is 2.16. The van der Waals surface area contributed by atoms with E-state index in [2.05, 4.69) is 38.3 Å². The van der Waals surface area contributed by atoms with Crippen molar-refractivity contribution in [3.8, 4) is 0 Å². The smallest absolute Gasteiger partial charge is 0.191 e. The standard InChI is InChI=1S/C16H23N5/c1-17-16(19-12-7-3-4-8-12)18-11-15-20-13-9-5-6-10-14(13)21(15)2/h5-6,9-10,12H,3-4,7-8,11H2,1-2H3,(H2,17,18,19). The van der Waals surface area contributed by atoms with Crippen LogP contribution in [0.2, 0.25) is 0 Å². The molecule has 0 saturated heterocycles. The van der Waals surface area contributed by atoms with E-state index in [0.717, 1.165) is 22.8 Å². The van der Waals surface area contributed by atoms with E-state index in [4.69, 9.17) is 0 Å². The molecule has 0 aliphatic heterocycles. The molecule has 21 heavy (non-hydrogen) atoms.